The van der Waals surface area contributed by atoms with E-state index >= 15 is 0 Å². The molecule has 2 heteroatoms. The first-order valence-electron chi connectivity index (χ1n) is 3.59. The van der Waals surface area contributed by atoms with Crippen LogP contribution in [0.25, 0.3) is 0 Å². The standard InChI is InChI=1S/C7H13N.ClH/c8-6-2-1-3-7(6)4-5-7;/h6H,1-5,8H2;1H. The Bertz CT molecular complexity index is 109. The van der Waals surface area contributed by atoms with Gasteiger partial charge in [-0.05, 0) is 31.1 Å². The third-order valence-electron chi connectivity index (χ3n) is 2.87. The summed E-state index contributed by atoms with van der Waals surface area (Å²) in [7, 11) is 0. The molecule has 0 bridgehead atoms. The van der Waals surface area contributed by atoms with Crippen molar-refractivity contribution >= 4 is 12.4 Å². The Morgan fingerprint density at radius 2 is 1.89 bits per heavy atom. The Morgan fingerprint density at radius 1 is 1.22 bits per heavy atom. The first-order valence-corrected chi connectivity index (χ1v) is 3.59. The van der Waals surface area contributed by atoms with E-state index in [4.69, 9.17) is 5.73 Å². The zero-order valence-corrected chi connectivity index (χ0v) is 6.41. The summed E-state index contributed by atoms with van der Waals surface area (Å²) in [4.78, 5) is 0. The highest BCUT2D eigenvalue weighted by atomic mass is 35.5. The van der Waals surface area contributed by atoms with E-state index in [-0.39, 0.29) is 12.4 Å². The van der Waals surface area contributed by atoms with E-state index in [1.54, 1.807) is 0 Å². The fourth-order valence-corrected chi connectivity index (χ4v) is 1.95. The molecule has 0 amide bonds. The third-order valence-corrected chi connectivity index (χ3v) is 2.87. The van der Waals surface area contributed by atoms with Crippen molar-refractivity contribution in [3.8, 4) is 0 Å². The Hall–Kier alpha value is 0.250. The van der Waals surface area contributed by atoms with Crippen LogP contribution in [-0.4, -0.2) is 6.04 Å². The first-order chi connectivity index (χ1) is 3.83. The molecule has 2 fully saturated rings. The molecule has 0 radical (unpaired) electrons. The van der Waals surface area contributed by atoms with Crippen LogP contribution in [0.5, 0.6) is 0 Å². The van der Waals surface area contributed by atoms with Gasteiger partial charge in [0.05, 0.1) is 0 Å². The van der Waals surface area contributed by atoms with Crippen molar-refractivity contribution in [3.05, 3.63) is 0 Å². The van der Waals surface area contributed by atoms with E-state index in [0.717, 1.165) is 0 Å². The molecule has 2 N–H and O–H groups in total. The van der Waals surface area contributed by atoms with Crippen LogP contribution in [0.1, 0.15) is 32.1 Å². The van der Waals surface area contributed by atoms with Crippen molar-refractivity contribution in [2.45, 2.75) is 38.1 Å². The zero-order valence-electron chi connectivity index (χ0n) is 5.60. The number of rotatable bonds is 0. The second-order valence-electron chi connectivity index (χ2n) is 3.36. The van der Waals surface area contributed by atoms with Crippen LogP contribution in [0.3, 0.4) is 0 Å². The van der Waals surface area contributed by atoms with Crippen LogP contribution in [-0.2, 0) is 0 Å². The average molecular weight is 148 g/mol. The molecule has 0 aliphatic heterocycles. The van der Waals surface area contributed by atoms with E-state index in [1.165, 1.54) is 32.1 Å². The summed E-state index contributed by atoms with van der Waals surface area (Å²) in [5.74, 6) is 0. The molecule has 9 heavy (non-hydrogen) atoms. The van der Waals surface area contributed by atoms with E-state index in [9.17, 15) is 0 Å². The van der Waals surface area contributed by atoms with Gasteiger partial charge in [-0.1, -0.05) is 6.42 Å². The maximum absolute atomic E-state index is 5.88. The van der Waals surface area contributed by atoms with Gasteiger partial charge in [-0.15, -0.1) is 12.4 Å². The largest absolute Gasteiger partial charge is 0.327 e. The number of hydrogen-bond acceptors (Lipinski definition) is 1. The molecular weight excluding hydrogens is 134 g/mol. The summed E-state index contributed by atoms with van der Waals surface area (Å²) in [5, 5.41) is 0. The van der Waals surface area contributed by atoms with Gasteiger partial charge in [-0.25, -0.2) is 0 Å². The second-order valence-corrected chi connectivity index (χ2v) is 3.36. The lowest BCUT2D eigenvalue weighted by atomic mass is 10.0. The summed E-state index contributed by atoms with van der Waals surface area (Å²) in [6, 6.07) is 0.572. The van der Waals surface area contributed by atoms with Gasteiger partial charge < -0.3 is 5.73 Å². The van der Waals surface area contributed by atoms with Crippen LogP contribution >= 0.6 is 12.4 Å². The maximum atomic E-state index is 5.88. The molecule has 2 rings (SSSR count). The molecule has 54 valence electrons. The topological polar surface area (TPSA) is 26.0 Å². The molecule has 1 spiro atoms. The predicted octanol–water partition coefficient (Wildman–Crippen LogP) is 1.70. The minimum absolute atomic E-state index is 0. The first kappa shape index (κ1) is 7.36. The summed E-state index contributed by atoms with van der Waals surface area (Å²) in [6.07, 6.45) is 6.96. The second kappa shape index (κ2) is 2.14. The van der Waals surface area contributed by atoms with Crippen molar-refractivity contribution in [2.24, 2.45) is 11.1 Å². The lowest BCUT2D eigenvalue weighted by molar-refractivity contribution is 0.462. The van der Waals surface area contributed by atoms with Crippen LogP contribution in [0, 0.1) is 5.41 Å². The minimum Gasteiger partial charge on any atom is -0.327 e. The fourth-order valence-electron chi connectivity index (χ4n) is 1.95. The monoisotopic (exact) mass is 147 g/mol. The van der Waals surface area contributed by atoms with Gasteiger partial charge >= 0.3 is 0 Å². The fraction of sp³-hybridized carbons (Fsp3) is 1.00. The Labute approximate surface area is 62.4 Å². The van der Waals surface area contributed by atoms with Crippen LogP contribution < -0.4 is 5.73 Å². The van der Waals surface area contributed by atoms with E-state index in [0.29, 0.717) is 11.5 Å². The van der Waals surface area contributed by atoms with Gasteiger partial charge in [0, 0.05) is 6.04 Å². The van der Waals surface area contributed by atoms with Crippen LogP contribution in [0.4, 0.5) is 0 Å². The molecule has 0 aromatic heterocycles. The molecule has 0 saturated heterocycles. The molecule has 2 aliphatic carbocycles. The van der Waals surface area contributed by atoms with Crippen molar-refractivity contribution in [3.63, 3.8) is 0 Å². The van der Waals surface area contributed by atoms with Gasteiger partial charge in [-0.3, -0.25) is 0 Å². The van der Waals surface area contributed by atoms with Crippen molar-refractivity contribution in [1.82, 2.24) is 0 Å². The summed E-state index contributed by atoms with van der Waals surface area (Å²) in [5.41, 5.74) is 6.56. The minimum atomic E-state index is 0. The maximum Gasteiger partial charge on any atom is 0.00955 e. The quantitative estimate of drug-likeness (QED) is 0.555. The van der Waals surface area contributed by atoms with Gasteiger partial charge in [0.1, 0.15) is 0 Å². The van der Waals surface area contributed by atoms with Gasteiger partial charge in [0.25, 0.3) is 0 Å². The Morgan fingerprint density at radius 3 is 2.11 bits per heavy atom. The summed E-state index contributed by atoms with van der Waals surface area (Å²) >= 11 is 0. The lowest BCUT2D eigenvalue weighted by Gasteiger charge is -2.10. The molecule has 2 saturated carbocycles. The average Bonchev–Trinajstić information content (AvgIpc) is 2.39. The third kappa shape index (κ3) is 0.968. The van der Waals surface area contributed by atoms with E-state index < -0.39 is 0 Å². The van der Waals surface area contributed by atoms with Gasteiger partial charge in [0.2, 0.25) is 0 Å². The summed E-state index contributed by atoms with van der Waals surface area (Å²) < 4.78 is 0. The SMILES string of the molecule is Cl.NC1CCCC12CC2. The highest BCUT2D eigenvalue weighted by molar-refractivity contribution is 5.85. The smallest absolute Gasteiger partial charge is 0.00955 e. The highest BCUT2D eigenvalue weighted by Crippen LogP contribution is 2.56. The van der Waals surface area contributed by atoms with Gasteiger partial charge in [0.15, 0.2) is 0 Å². The van der Waals surface area contributed by atoms with Gasteiger partial charge in [-0.2, -0.15) is 0 Å². The Kier molecular flexibility index (Phi) is 1.75. The van der Waals surface area contributed by atoms with Crippen molar-refractivity contribution in [2.75, 3.05) is 0 Å². The summed E-state index contributed by atoms with van der Waals surface area (Å²) in [6.45, 7) is 0. The lowest BCUT2D eigenvalue weighted by Crippen LogP contribution is -2.25. The number of hydrogen-bond donors (Lipinski definition) is 1. The molecule has 1 atom stereocenters. The van der Waals surface area contributed by atoms with Crippen molar-refractivity contribution in [1.29, 1.82) is 0 Å². The molecular formula is C7H14ClN. The van der Waals surface area contributed by atoms with E-state index in [1.807, 2.05) is 0 Å². The number of nitrogens with two attached hydrogens (primary N) is 1. The Balaban J connectivity index is 0.000000405. The molecule has 1 unspecified atom stereocenters. The molecule has 0 aromatic rings. The highest BCUT2D eigenvalue weighted by Gasteiger charge is 2.49. The van der Waals surface area contributed by atoms with E-state index in [2.05, 4.69) is 0 Å². The molecule has 1 nitrogen and oxygen atoms in total. The van der Waals surface area contributed by atoms with Crippen molar-refractivity contribution < 1.29 is 0 Å². The molecule has 2 aliphatic rings. The normalized spacial score (nSPS) is 36.3. The van der Waals surface area contributed by atoms with Crippen LogP contribution in [0.2, 0.25) is 0 Å². The molecule has 0 aromatic carbocycles. The predicted molar refractivity (Wildman–Crippen MR) is 40.7 cm³/mol. The molecule has 0 heterocycles. The zero-order chi connectivity index (χ0) is 5.61. The van der Waals surface area contributed by atoms with Crippen LogP contribution in [0.15, 0.2) is 0 Å². The number of halogens is 1.